The number of ketones is 1. The molecule has 0 amide bonds. The van der Waals surface area contributed by atoms with E-state index in [1.54, 1.807) is 31.4 Å². The predicted molar refractivity (Wildman–Crippen MR) is 91.3 cm³/mol. The standard InChI is InChI=1S/C14H11Br3O5/c1-20-8-5-3-7(4-6-8)10-9(15)12(18)14(17,22-10)11(16)13(19)21-2/h3-6,11H,1-2H3/t11-,14+/m1/s1. The fraction of sp³-hybridized carbons (Fsp3) is 0.286. The molecule has 1 aliphatic heterocycles. The van der Waals surface area contributed by atoms with Gasteiger partial charge in [-0.2, -0.15) is 0 Å². The predicted octanol–water partition coefficient (Wildman–Crippen LogP) is 3.39. The van der Waals surface area contributed by atoms with E-state index < -0.39 is 21.1 Å². The molecule has 0 aliphatic carbocycles. The fourth-order valence-electron chi connectivity index (χ4n) is 1.84. The van der Waals surface area contributed by atoms with Gasteiger partial charge in [0.15, 0.2) is 4.83 Å². The third-order valence-corrected chi connectivity index (χ3v) is 6.38. The third kappa shape index (κ3) is 2.96. The second-order valence-corrected chi connectivity index (χ2v) is 7.22. The number of halogens is 3. The molecule has 0 spiro atoms. The van der Waals surface area contributed by atoms with Crippen molar-refractivity contribution in [1.82, 2.24) is 0 Å². The van der Waals surface area contributed by atoms with Crippen LogP contribution in [-0.4, -0.2) is 35.3 Å². The van der Waals surface area contributed by atoms with Crippen LogP contribution >= 0.6 is 47.8 Å². The molecule has 8 heteroatoms. The zero-order valence-corrected chi connectivity index (χ0v) is 16.3. The Morgan fingerprint density at radius 1 is 1.27 bits per heavy atom. The lowest BCUT2D eigenvalue weighted by molar-refractivity contribution is -0.144. The molecular weight excluding hydrogens is 488 g/mol. The Kier molecular flexibility index (Phi) is 5.34. The Morgan fingerprint density at radius 3 is 2.36 bits per heavy atom. The first-order valence-electron chi connectivity index (χ1n) is 6.04. The maximum absolute atomic E-state index is 12.5. The number of esters is 1. The first-order chi connectivity index (χ1) is 10.3. The van der Waals surface area contributed by atoms with E-state index in [4.69, 9.17) is 9.47 Å². The Hall–Kier alpha value is -0.860. The van der Waals surface area contributed by atoms with Gasteiger partial charge in [-0.25, -0.2) is 0 Å². The zero-order valence-electron chi connectivity index (χ0n) is 11.6. The van der Waals surface area contributed by atoms with E-state index in [0.717, 1.165) is 0 Å². The number of methoxy groups -OCH3 is 2. The molecule has 0 fully saturated rings. The monoisotopic (exact) mass is 496 g/mol. The summed E-state index contributed by atoms with van der Waals surface area (Å²) in [5, 5.41) is 0. The van der Waals surface area contributed by atoms with Crippen LogP contribution in [0.1, 0.15) is 5.56 Å². The summed E-state index contributed by atoms with van der Waals surface area (Å²) in [5.74, 6) is -0.0205. The number of alkyl halides is 2. The van der Waals surface area contributed by atoms with Crippen molar-refractivity contribution in [3.63, 3.8) is 0 Å². The lowest BCUT2D eigenvalue weighted by Gasteiger charge is -2.25. The van der Waals surface area contributed by atoms with Crippen LogP contribution < -0.4 is 4.74 Å². The molecule has 0 saturated carbocycles. The van der Waals surface area contributed by atoms with Gasteiger partial charge >= 0.3 is 5.97 Å². The minimum absolute atomic E-state index is 0.239. The molecular formula is C14H11Br3O5. The highest BCUT2D eigenvalue weighted by atomic mass is 79.9. The average Bonchev–Trinajstić information content (AvgIpc) is 2.79. The Labute approximate surface area is 152 Å². The van der Waals surface area contributed by atoms with Crippen LogP contribution in [0.2, 0.25) is 0 Å². The summed E-state index contributed by atoms with van der Waals surface area (Å²) in [6, 6.07) is 7.00. The second-order valence-electron chi connectivity index (χ2n) is 4.33. The van der Waals surface area contributed by atoms with Crippen LogP contribution in [0.15, 0.2) is 28.7 Å². The van der Waals surface area contributed by atoms with Crippen molar-refractivity contribution in [2.75, 3.05) is 14.2 Å². The van der Waals surface area contributed by atoms with Crippen LogP contribution in [-0.2, 0) is 19.1 Å². The number of carbonyl (C=O) groups is 2. The van der Waals surface area contributed by atoms with E-state index >= 15 is 0 Å². The van der Waals surface area contributed by atoms with Crippen molar-refractivity contribution in [2.45, 2.75) is 9.34 Å². The molecule has 0 aromatic heterocycles. The van der Waals surface area contributed by atoms with Crippen LogP contribution in [0, 0.1) is 0 Å². The maximum atomic E-state index is 12.5. The number of hydrogen-bond acceptors (Lipinski definition) is 5. The molecule has 1 heterocycles. The van der Waals surface area contributed by atoms with Crippen molar-refractivity contribution < 1.29 is 23.8 Å². The van der Waals surface area contributed by atoms with Crippen LogP contribution in [0.25, 0.3) is 5.76 Å². The first kappa shape index (κ1) is 17.5. The molecule has 22 heavy (non-hydrogen) atoms. The van der Waals surface area contributed by atoms with Gasteiger partial charge in [0, 0.05) is 5.56 Å². The third-order valence-electron chi connectivity index (χ3n) is 3.05. The van der Waals surface area contributed by atoms with Crippen LogP contribution in [0.4, 0.5) is 0 Å². The summed E-state index contributed by atoms with van der Waals surface area (Å²) < 4.78 is 14.1. The summed E-state index contributed by atoms with van der Waals surface area (Å²) >= 11 is 9.58. The van der Waals surface area contributed by atoms with Crippen LogP contribution in [0.3, 0.4) is 0 Å². The first-order valence-corrected chi connectivity index (χ1v) is 8.54. The fourth-order valence-corrected chi connectivity index (χ4v) is 3.75. The lowest BCUT2D eigenvalue weighted by Crippen LogP contribution is -2.44. The van der Waals surface area contributed by atoms with Crippen molar-refractivity contribution in [3.05, 3.63) is 34.3 Å². The topological polar surface area (TPSA) is 61.8 Å². The quantitative estimate of drug-likeness (QED) is 0.470. The van der Waals surface area contributed by atoms with Gasteiger partial charge in [-0.05, 0) is 56.1 Å². The van der Waals surface area contributed by atoms with E-state index in [9.17, 15) is 9.59 Å². The Morgan fingerprint density at radius 2 is 1.86 bits per heavy atom. The van der Waals surface area contributed by atoms with Crippen molar-refractivity contribution >= 4 is 65.3 Å². The molecule has 5 nitrogen and oxygen atoms in total. The molecule has 118 valence electrons. The molecule has 0 saturated heterocycles. The van der Waals surface area contributed by atoms with Gasteiger partial charge < -0.3 is 14.2 Å². The number of hydrogen-bond donors (Lipinski definition) is 0. The van der Waals surface area contributed by atoms with Crippen molar-refractivity contribution in [3.8, 4) is 5.75 Å². The van der Waals surface area contributed by atoms with Gasteiger partial charge in [-0.15, -0.1) is 0 Å². The van der Waals surface area contributed by atoms with E-state index in [0.29, 0.717) is 17.1 Å². The number of ether oxygens (including phenoxy) is 3. The summed E-state index contributed by atoms with van der Waals surface area (Å²) in [6.45, 7) is 0. The molecule has 1 aromatic rings. The lowest BCUT2D eigenvalue weighted by atomic mass is 10.1. The molecule has 2 rings (SSSR count). The minimum Gasteiger partial charge on any atom is -0.497 e. The summed E-state index contributed by atoms with van der Waals surface area (Å²) in [4.78, 5) is 23.2. The largest absolute Gasteiger partial charge is 0.497 e. The number of benzene rings is 1. The molecule has 1 aromatic carbocycles. The highest BCUT2D eigenvalue weighted by molar-refractivity contribution is 9.13. The zero-order chi connectivity index (χ0) is 16.5. The normalized spacial score (nSPS) is 22.3. The van der Waals surface area contributed by atoms with Crippen LogP contribution in [0.5, 0.6) is 5.75 Å². The summed E-state index contributed by atoms with van der Waals surface area (Å²) in [5.41, 5.74) is 0.673. The number of Topliss-reactive ketones (excluding diaryl/α,β-unsaturated/α-hetero) is 1. The number of rotatable bonds is 4. The smallest absolute Gasteiger partial charge is 0.325 e. The van der Waals surface area contributed by atoms with E-state index in [2.05, 4.69) is 52.5 Å². The van der Waals surface area contributed by atoms with Gasteiger partial charge in [0.2, 0.25) is 10.3 Å². The SMILES string of the molecule is COC(=O)[C@@H](Br)[C@]1(Br)OC(c2ccc(OC)cc2)=C(Br)C1=O. The molecule has 0 unspecified atom stereocenters. The molecule has 1 aliphatic rings. The minimum atomic E-state index is -1.56. The summed E-state index contributed by atoms with van der Waals surface area (Å²) in [6.07, 6.45) is 0. The van der Waals surface area contributed by atoms with Gasteiger partial charge in [0.25, 0.3) is 0 Å². The van der Waals surface area contributed by atoms with E-state index in [1.165, 1.54) is 7.11 Å². The van der Waals surface area contributed by atoms with E-state index in [1.807, 2.05) is 0 Å². The average molecular weight is 499 g/mol. The molecule has 2 atom stereocenters. The Bertz CT molecular complexity index is 640. The second kappa shape index (κ2) is 6.72. The number of carbonyl (C=O) groups excluding carboxylic acids is 2. The van der Waals surface area contributed by atoms with Gasteiger partial charge in [-0.3, -0.25) is 9.59 Å². The highest BCUT2D eigenvalue weighted by Crippen LogP contribution is 2.47. The highest BCUT2D eigenvalue weighted by Gasteiger charge is 2.55. The van der Waals surface area contributed by atoms with Crippen molar-refractivity contribution in [2.24, 2.45) is 0 Å². The van der Waals surface area contributed by atoms with Crippen molar-refractivity contribution in [1.29, 1.82) is 0 Å². The molecule has 0 bridgehead atoms. The van der Waals surface area contributed by atoms with Gasteiger partial charge in [0.1, 0.15) is 16.0 Å². The summed E-state index contributed by atoms with van der Waals surface area (Å²) in [7, 11) is 2.80. The maximum Gasteiger partial charge on any atom is 0.325 e. The van der Waals surface area contributed by atoms with E-state index in [-0.39, 0.29) is 4.48 Å². The molecule has 0 N–H and O–H groups in total. The van der Waals surface area contributed by atoms with Gasteiger partial charge in [-0.1, -0.05) is 15.9 Å². The Balaban J connectivity index is 2.35. The van der Waals surface area contributed by atoms with Gasteiger partial charge in [0.05, 0.1) is 14.2 Å². The molecule has 0 radical (unpaired) electrons.